The number of hydrogen-bond acceptors (Lipinski definition) is 5. The fraction of sp³-hybridized carbons (Fsp3) is 0.600. The minimum absolute atomic E-state index is 0.0464. The Kier molecular flexibility index (Phi) is 5.41. The van der Waals surface area contributed by atoms with Crippen molar-refractivity contribution >= 4 is 27.3 Å². The number of benzene rings is 1. The van der Waals surface area contributed by atoms with E-state index < -0.39 is 5.60 Å². The number of nitrogens with zero attached hydrogens (tertiary/aromatic N) is 2. The molecule has 1 aliphatic heterocycles. The summed E-state index contributed by atoms with van der Waals surface area (Å²) in [6.45, 7) is 5.03. The Morgan fingerprint density at radius 1 is 1.45 bits per heavy atom. The van der Waals surface area contributed by atoms with Crippen LogP contribution in [0.2, 0.25) is 0 Å². The van der Waals surface area contributed by atoms with Crippen molar-refractivity contribution in [2.24, 2.45) is 0 Å². The molecule has 0 spiro atoms. The quantitative estimate of drug-likeness (QED) is 0.634. The zero-order valence-corrected chi connectivity index (χ0v) is 14.4. The van der Waals surface area contributed by atoms with Crippen LogP contribution >= 0.6 is 15.9 Å². The number of aliphatic hydroxyl groups is 1. The van der Waals surface area contributed by atoms with Gasteiger partial charge in [-0.2, -0.15) is 0 Å². The van der Waals surface area contributed by atoms with Crippen LogP contribution in [0.4, 0.5) is 11.4 Å². The van der Waals surface area contributed by atoms with Crippen LogP contribution in [0.5, 0.6) is 0 Å². The fourth-order valence-corrected chi connectivity index (χ4v) is 3.06. The van der Waals surface area contributed by atoms with Crippen molar-refractivity contribution in [2.45, 2.75) is 38.3 Å². The van der Waals surface area contributed by atoms with Gasteiger partial charge in [0.1, 0.15) is 5.69 Å². The van der Waals surface area contributed by atoms with Crippen LogP contribution in [0.1, 0.15) is 26.7 Å². The summed E-state index contributed by atoms with van der Waals surface area (Å²) in [7, 11) is 0. The zero-order valence-electron chi connectivity index (χ0n) is 12.8. The van der Waals surface area contributed by atoms with Crippen molar-refractivity contribution in [3.05, 3.63) is 32.8 Å². The molecule has 1 aromatic carbocycles. The Balaban J connectivity index is 2.41. The number of rotatable bonds is 5. The van der Waals surface area contributed by atoms with Crippen LogP contribution < -0.4 is 4.90 Å². The van der Waals surface area contributed by atoms with Gasteiger partial charge < -0.3 is 14.7 Å². The van der Waals surface area contributed by atoms with Gasteiger partial charge in [0.05, 0.1) is 10.5 Å². The molecule has 22 heavy (non-hydrogen) atoms. The van der Waals surface area contributed by atoms with Gasteiger partial charge in [0.2, 0.25) is 0 Å². The van der Waals surface area contributed by atoms with Crippen LogP contribution in [0.15, 0.2) is 22.7 Å². The molecule has 122 valence electrons. The number of ether oxygens (including phenoxy) is 1. The van der Waals surface area contributed by atoms with E-state index in [1.54, 1.807) is 26.0 Å². The maximum Gasteiger partial charge on any atom is 0.293 e. The van der Waals surface area contributed by atoms with E-state index in [2.05, 4.69) is 15.9 Å². The molecule has 0 bridgehead atoms. The molecule has 0 unspecified atom stereocenters. The van der Waals surface area contributed by atoms with Crippen molar-refractivity contribution in [3.8, 4) is 0 Å². The molecule has 0 aromatic heterocycles. The van der Waals surface area contributed by atoms with Gasteiger partial charge in [-0.25, -0.2) is 0 Å². The number of halogens is 1. The van der Waals surface area contributed by atoms with Crippen LogP contribution in [0, 0.1) is 10.1 Å². The standard InChI is InChI=1S/C15H21BrN2O4/c1-15(2,19)10-17(12-5-7-22-8-6-12)13-4-3-11(16)9-14(13)18(20)21/h3-4,9,12,19H,5-8,10H2,1-2H3. The average Bonchev–Trinajstić information content (AvgIpc) is 2.45. The van der Waals surface area contributed by atoms with Crippen LogP contribution in [0.25, 0.3) is 0 Å². The molecule has 6 nitrogen and oxygen atoms in total. The predicted octanol–water partition coefficient (Wildman–Crippen LogP) is 3.11. The summed E-state index contributed by atoms with van der Waals surface area (Å²) < 4.78 is 6.05. The van der Waals surface area contributed by atoms with E-state index in [0.29, 0.717) is 29.9 Å². The summed E-state index contributed by atoms with van der Waals surface area (Å²) in [6, 6.07) is 5.16. The van der Waals surface area contributed by atoms with E-state index in [0.717, 1.165) is 12.8 Å². The van der Waals surface area contributed by atoms with Gasteiger partial charge in [0, 0.05) is 36.3 Å². The van der Waals surface area contributed by atoms with Gasteiger partial charge in [0.15, 0.2) is 0 Å². The Bertz CT molecular complexity index is 539. The van der Waals surface area contributed by atoms with Gasteiger partial charge in [-0.3, -0.25) is 10.1 Å². The lowest BCUT2D eigenvalue weighted by Crippen LogP contribution is -2.47. The highest BCUT2D eigenvalue weighted by atomic mass is 79.9. The van der Waals surface area contributed by atoms with E-state index in [4.69, 9.17) is 4.74 Å². The number of anilines is 1. The Morgan fingerprint density at radius 3 is 2.64 bits per heavy atom. The Hall–Kier alpha value is -1.18. The number of hydrogen-bond donors (Lipinski definition) is 1. The minimum atomic E-state index is -0.945. The molecule has 1 N–H and O–H groups in total. The lowest BCUT2D eigenvalue weighted by atomic mass is 10.0. The van der Waals surface area contributed by atoms with Crippen LogP contribution in [-0.4, -0.2) is 41.4 Å². The maximum absolute atomic E-state index is 11.4. The monoisotopic (exact) mass is 372 g/mol. The molecule has 0 aliphatic carbocycles. The molecular formula is C15H21BrN2O4. The first-order valence-corrected chi connectivity index (χ1v) is 8.08. The smallest absolute Gasteiger partial charge is 0.293 e. The van der Waals surface area contributed by atoms with Gasteiger partial charge in [0.25, 0.3) is 5.69 Å². The second-order valence-corrected chi connectivity index (χ2v) is 7.09. The molecule has 1 aliphatic rings. The summed E-state index contributed by atoms with van der Waals surface area (Å²) in [5, 5.41) is 21.6. The number of nitro benzene ring substituents is 1. The lowest BCUT2D eigenvalue weighted by Gasteiger charge is -2.39. The zero-order chi connectivity index (χ0) is 16.3. The van der Waals surface area contributed by atoms with Crippen LogP contribution in [-0.2, 0) is 4.74 Å². The normalized spacial score (nSPS) is 16.5. The van der Waals surface area contributed by atoms with Gasteiger partial charge in [-0.05, 0) is 38.8 Å². The van der Waals surface area contributed by atoms with Crippen molar-refractivity contribution in [2.75, 3.05) is 24.7 Å². The summed E-state index contributed by atoms with van der Waals surface area (Å²) in [5.41, 5.74) is -0.355. The third-order valence-electron chi connectivity index (χ3n) is 3.63. The first-order valence-electron chi connectivity index (χ1n) is 7.28. The third-order valence-corrected chi connectivity index (χ3v) is 4.13. The molecule has 0 saturated carbocycles. The molecule has 1 saturated heterocycles. The second kappa shape index (κ2) is 6.93. The summed E-state index contributed by atoms with van der Waals surface area (Å²) in [5.74, 6) is 0. The highest BCUT2D eigenvalue weighted by molar-refractivity contribution is 9.10. The Morgan fingerprint density at radius 2 is 2.09 bits per heavy atom. The second-order valence-electron chi connectivity index (χ2n) is 6.17. The Labute approximate surface area is 138 Å². The van der Waals surface area contributed by atoms with Crippen molar-refractivity contribution in [3.63, 3.8) is 0 Å². The lowest BCUT2D eigenvalue weighted by molar-refractivity contribution is -0.384. The first kappa shape index (κ1) is 17.2. The molecule has 0 amide bonds. The molecular weight excluding hydrogens is 352 g/mol. The van der Waals surface area contributed by atoms with Crippen molar-refractivity contribution in [1.82, 2.24) is 0 Å². The topological polar surface area (TPSA) is 75.8 Å². The first-order chi connectivity index (χ1) is 10.3. The van der Waals surface area contributed by atoms with Crippen molar-refractivity contribution < 1.29 is 14.8 Å². The van der Waals surface area contributed by atoms with Gasteiger partial charge in [-0.1, -0.05) is 15.9 Å². The summed E-state index contributed by atoms with van der Waals surface area (Å²) in [4.78, 5) is 13.0. The van der Waals surface area contributed by atoms with Gasteiger partial charge in [-0.15, -0.1) is 0 Å². The van der Waals surface area contributed by atoms with Crippen molar-refractivity contribution in [1.29, 1.82) is 0 Å². The van der Waals surface area contributed by atoms with E-state index in [1.807, 2.05) is 4.90 Å². The minimum Gasteiger partial charge on any atom is -0.389 e. The molecule has 1 fully saturated rings. The molecule has 0 radical (unpaired) electrons. The largest absolute Gasteiger partial charge is 0.389 e. The molecule has 7 heteroatoms. The average molecular weight is 373 g/mol. The van der Waals surface area contributed by atoms with E-state index in [-0.39, 0.29) is 16.7 Å². The van der Waals surface area contributed by atoms with E-state index >= 15 is 0 Å². The summed E-state index contributed by atoms with van der Waals surface area (Å²) >= 11 is 3.28. The molecule has 2 rings (SSSR count). The maximum atomic E-state index is 11.4. The predicted molar refractivity (Wildman–Crippen MR) is 88.3 cm³/mol. The molecule has 1 aromatic rings. The highest BCUT2D eigenvalue weighted by Crippen LogP contribution is 2.35. The SMILES string of the molecule is CC(C)(O)CN(c1ccc(Br)cc1[N+](=O)[O-])C1CCOCC1. The molecule has 0 atom stereocenters. The van der Waals surface area contributed by atoms with E-state index in [1.165, 1.54) is 6.07 Å². The highest BCUT2D eigenvalue weighted by Gasteiger charge is 2.31. The fourth-order valence-electron chi connectivity index (χ4n) is 2.71. The molecule has 1 heterocycles. The summed E-state index contributed by atoms with van der Waals surface area (Å²) in [6.07, 6.45) is 1.59. The van der Waals surface area contributed by atoms with E-state index in [9.17, 15) is 15.2 Å². The number of nitro groups is 1. The third kappa shape index (κ3) is 4.41. The van der Waals surface area contributed by atoms with Crippen LogP contribution in [0.3, 0.4) is 0 Å². The van der Waals surface area contributed by atoms with Gasteiger partial charge >= 0.3 is 0 Å².